The van der Waals surface area contributed by atoms with Crippen LogP contribution in [0, 0.1) is 0 Å². The molecular weight excluding hydrogens is 564 g/mol. The van der Waals surface area contributed by atoms with Gasteiger partial charge in [-0.05, 0) is 66.8 Å². The molecule has 0 amide bonds. The fourth-order valence-electron chi connectivity index (χ4n) is 5.63. The molecule has 1 spiro atoms. The third kappa shape index (κ3) is 6.93. The summed E-state index contributed by atoms with van der Waals surface area (Å²) >= 11 is 0. The number of hydrogen-bond acceptors (Lipinski definition) is 8. The summed E-state index contributed by atoms with van der Waals surface area (Å²) in [5, 5.41) is 15.7. The summed E-state index contributed by atoms with van der Waals surface area (Å²) in [6.45, 7) is 3.41. The zero-order valence-electron chi connectivity index (χ0n) is 23.2. The van der Waals surface area contributed by atoms with Gasteiger partial charge in [-0.15, -0.1) is 0 Å². The quantitative estimate of drug-likeness (QED) is 0.343. The number of ether oxygens (including phenoxy) is 2. The van der Waals surface area contributed by atoms with Crippen molar-refractivity contribution >= 4 is 30.6 Å². The van der Waals surface area contributed by atoms with Gasteiger partial charge in [0.2, 0.25) is 10.0 Å². The van der Waals surface area contributed by atoms with Gasteiger partial charge in [-0.3, -0.25) is 0 Å². The Bertz CT molecular complexity index is 1570. The monoisotopic (exact) mass is 602 g/mol. The molecule has 2 aliphatic rings. The number of benzene rings is 3. The first kappa shape index (κ1) is 29.9. The van der Waals surface area contributed by atoms with Crippen molar-refractivity contribution in [3.63, 3.8) is 0 Å². The van der Waals surface area contributed by atoms with Crippen molar-refractivity contribution in [2.24, 2.45) is 0 Å². The molecule has 2 unspecified atom stereocenters. The minimum Gasteiger partial charge on any atom is -0.491 e. The molecule has 5 rings (SSSR count). The van der Waals surface area contributed by atoms with Gasteiger partial charge in [0.25, 0.3) is 0 Å². The molecule has 2 aliphatic heterocycles. The van der Waals surface area contributed by atoms with Crippen LogP contribution < -0.4 is 10.1 Å². The second-order valence-electron chi connectivity index (χ2n) is 11.0. The second-order valence-corrected chi connectivity index (χ2v) is 15.0. The van der Waals surface area contributed by atoms with Crippen molar-refractivity contribution in [2.45, 2.75) is 60.1 Å². The highest BCUT2D eigenvalue weighted by Crippen LogP contribution is 2.37. The average Bonchev–Trinajstić information content (AvgIpc) is 3.37. The maximum Gasteiger partial charge on any atom is 0.243 e. The van der Waals surface area contributed by atoms with E-state index in [0.717, 1.165) is 17.2 Å². The number of piperidine rings is 1. The van der Waals surface area contributed by atoms with E-state index in [2.05, 4.69) is 5.32 Å². The van der Waals surface area contributed by atoms with Gasteiger partial charge in [0.05, 0.1) is 27.8 Å². The van der Waals surface area contributed by atoms with Crippen LogP contribution in [-0.2, 0) is 24.6 Å². The first-order valence-corrected chi connectivity index (χ1v) is 17.2. The molecule has 11 heteroatoms. The fourth-order valence-corrected chi connectivity index (χ4v) is 8.47. The smallest absolute Gasteiger partial charge is 0.243 e. The van der Waals surface area contributed by atoms with Gasteiger partial charge in [0, 0.05) is 25.7 Å². The summed E-state index contributed by atoms with van der Waals surface area (Å²) in [6, 6.07) is 19.4. The Morgan fingerprint density at radius 3 is 2.51 bits per heavy atom. The molecule has 2 saturated heterocycles. The number of sulfone groups is 1. The SMILES string of the molecule is CCCS(=O)(=O)c1cccc(OCC(O)CNC2COC3(CCN(S(=O)(=O)c4ccc5ccccc5c4)CC3)C2)c1. The van der Waals surface area contributed by atoms with E-state index in [-0.39, 0.29) is 28.9 Å². The number of hydrogen-bond donors (Lipinski definition) is 2. The van der Waals surface area contributed by atoms with Crippen LogP contribution in [0.1, 0.15) is 32.6 Å². The lowest BCUT2D eigenvalue weighted by Crippen LogP contribution is -2.47. The number of nitrogens with one attached hydrogen (secondary N) is 1. The van der Waals surface area contributed by atoms with Crippen molar-refractivity contribution in [2.75, 3.05) is 38.6 Å². The zero-order chi connectivity index (χ0) is 29.1. The summed E-state index contributed by atoms with van der Waals surface area (Å²) in [6.07, 6.45) is 1.70. The molecule has 0 saturated carbocycles. The molecule has 3 aromatic rings. The molecule has 9 nitrogen and oxygen atoms in total. The number of sulfonamides is 1. The van der Waals surface area contributed by atoms with Crippen LogP contribution in [0.15, 0.2) is 76.5 Å². The first-order valence-electron chi connectivity index (χ1n) is 14.1. The Morgan fingerprint density at radius 2 is 1.76 bits per heavy atom. The topological polar surface area (TPSA) is 122 Å². The Morgan fingerprint density at radius 1 is 1.00 bits per heavy atom. The molecular formula is C30H38N2O7S2. The summed E-state index contributed by atoms with van der Waals surface area (Å²) in [5.41, 5.74) is -0.376. The third-order valence-electron chi connectivity index (χ3n) is 7.92. The largest absolute Gasteiger partial charge is 0.491 e. The van der Waals surface area contributed by atoms with Crippen LogP contribution in [0.4, 0.5) is 0 Å². The molecule has 0 aromatic heterocycles. The molecule has 2 fully saturated rings. The van der Waals surface area contributed by atoms with E-state index in [9.17, 15) is 21.9 Å². The van der Waals surface area contributed by atoms with Gasteiger partial charge in [-0.25, -0.2) is 16.8 Å². The molecule has 41 heavy (non-hydrogen) atoms. The maximum atomic E-state index is 13.3. The van der Waals surface area contributed by atoms with Gasteiger partial charge in [0.15, 0.2) is 9.84 Å². The molecule has 2 N–H and O–H groups in total. The standard InChI is InChI=1S/C30H38N2O7S2/c1-2-16-40(34,35)28-9-5-8-27(18-28)38-22-26(33)20-31-25-19-30(39-21-25)12-14-32(15-13-30)41(36,37)29-11-10-23-6-3-4-7-24(23)17-29/h3-11,17-18,25-26,31,33H,2,12-16,19-22H2,1H3. The van der Waals surface area contributed by atoms with Gasteiger partial charge >= 0.3 is 0 Å². The van der Waals surface area contributed by atoms with Crippen LogP contribution in [0.3, 0.4) is 0 Å². The van der Waals surface area contributed by atoms with Crippen LogP contribution in [0.25, 0.3) is 10.8 Å². The maximum absolute atomic E-state index is 13.3. The van der Waals surface area contributed by atoms with E-state index >= 15 is 0 Å². The van der Waals surface area contributed by atoms with Gasteiger partial charge in [-0.2, -0.15) is 4.31 Å². The predicted molar refractivity (Wildman–Crippen MR) is 157 cm³/mol. The van der Waals surface area contributed by atoms with Crippen LogP contribution in [-0.4, -0.2) is 82.6 Å². The predicted octanol–water partition coefficient (Wildman–Crippen LogP) is 3.37. The van der Waals surface area contributed by atoms with E-state index in [1.807, 2.05) is 37.3 Å². The number of rotatable bonds is 11. The van der Waals surface area contributed by atoms with E-state index in [1.54, 1.807) is 34.6 Å². The molecule has 2 atom stereocenters. The summed E-state index contributed by atoms with van der Waals surface area (Å²) in [4.78, 5) is 0.526. The minimum absolute atomic E-state index is 0.0184. The fraction of sp³-hybridized carbons (Fsp3) is 0.467. The van der Waals surface area contributed by atoms with Crippen molar-refractivity contribution < 1.29 is 31.4 Å². The Balaban J connectivity index is 1.09. The molecule has 222 valence electrons. The summed E-state index contributed by atoms with van der Waals surface area (Å²) in [7, 11) is -6.94. The normalized spacial score (nSPS) is 20.4. The summed E-state index contributed by atoms with van der Waals surface area (Å²) in [5.74, 6) is 0.474. The Labute approximate surface area is 242 Å². The lowest BCUT2D eigenvalue weighted by Gasteiger charge is -2.38. The van der Waals surface area contributed by atoms with Crippen molar-refractivity contribution in [1.29, 1.82) is 0 Å². The lowest BCUT2D eigenvalue weighted by molar-refractivity contribution is -0.0312. The number of nitrogens with zero attached hydrogens (tertiary/aromatic N) is 1. The molecule has 0 bridgehead atoms. The molecule has 0 radical (unpaired) electrons. The number of aliphatic hydroxyl groups is 1. The average molecular weight is 603 g/mol. The highest BCUT2D eigenvalue weighted by Gasteiger charge is 2.44. The van der Waals surface area contributed by atoms with Gasteiger partial charge in [0.1, 0.15) is 18.5 Å². The van der Waals surface area contributed by atoms with E-state index in [4.69, 9.17) is 9.47 Å². The van der Waals surface area contributed by atoms with E-state index < -0.39 is 26.0 Å². The Hall–Kier alpha value is -2.54. The van der Waals surface area contributed by atoms with Gasteiger partial charge < -0.3 is 19.9 Å². The zero-order valence-corrected chi connectivity index (χ0v) is 24.9. The number of fused-ring (bicyclic) bond motifs is 1. The lowest BCUT2D eigenvalue weighted by atomic mass is 9.88. The van der Waals surface area contributed by atoms with Crippen LogP contribution in [0.2, 0.25) is 0 Å². The highest BCUT2D eigenvalue weighted by molar-refractivity contribution is 7.91. The molecule has 3 aromatic carbocycles. The van der Waals surface area contributed by atoms with Crippen LogP contribution >= 0.6 is 0 Å². The van der Waals surface area contributed by atoms with Crippen molar-refractivity contribution in [1.82, 2.24) is 9.62 Å². The Kier molecular flexibility index (Phi) is 9.03. The van der Waals surface area contributed by atoms with Crippen molar-refractivity contribution in [3.05, 3.63) is 66.7 Å². The van der Waals surface area contributed by atoms with Crippen molar-refractivity contribution in [3.8, 4) is 5.75 Å². The first-order chi connectivity index (χ1) is 19.6. The van der Waals surface area contributed by atoms with Crippen LogP contribution in [0.5, 0.6) is 5.75 Å². The molecule has 0 aliphatic carbocycles. The minimum atomic E-state index is -3.60. The third-order valence-corrected chi connectivity index (χ3v) is 11.7. The number of aliphatic hydroxyl groups excluding tert-OH is 1. The highest BCUT2D eigenvalue weighted by atomic mass is 32.2. The second kappa shape index (κ2) is 12.4. The molecule has 2 heterocycles. The summed E-state index contributed by atoms with van der Waals surface area (Å²) < 4.78 is 64.7. The van der Waals surface area contributed by atoms with E-state index in [1.165, 1.54) is 6.07 Å². The van der Waals surface area contributed by atoms with E-state index in [0.29, 0.717) is 56.1 Å². The van der Waals surface area contributed by atoms with Gasteiger partial charge in [-0.1, -0.05) is 43.3 Å².